The molecule has 5 rings (SSSR count). The number of nitrogens with one attached hydrogen (secondary N) is 3. The molecular weight excluding hydrogens is 530 g/mol. The number of amides is 1. The van der Waals surface area contributed by atoms with Crippen LogP contribution in [-0.2, 0) is 14.8 Å². The first-order valence-corrected chi connectivity index (χ1v) is 14.4. The number of aryl methyl sites for hydroxylation is 1. The molecule has 0 unspecified atom stereocenters. The second-order valence-corrected chi connectivity index (χ2v) is 11.3. The van der Waals surface area contributed by atoms with Gasteiger partial charge in [-0.1, -0.05) is 36.4 Å². The molecular formula is C29H31N5O5S. The number of carbonyl (C=O) groups is 1. The van der Waals surface area contributed by atoms with Crippen LogP contribution in [0, 0.1) is 6.92 Å². The average Bonchev–Trinajstić information content (AvgIpc) is 3.50. The number of methoxy groups -OCH3 is 1. The van der Waals surface area contributed by atoms with E-state index in [1.165, 1.54) is 7.11 Å². The minimum absolute atomic E-state index is 0.105. The third-order valence-electron chi connectivity index (χ3n) is 6.90. The molecule has 1 aliphatic rings. The number of anilines is 2. The summed E-state index contributed by atoms with van der Waals surface area (Å²) in [5.41, 5.74) is 2.82. The molecule has 2 heterocycles. The molecule has 1 aromatic heterocycles. The van der Waals surface area contributed by atoms with Crippen LogP contribution in [0.1, 0.15) is 28.8 Å². The third kappa shape index (κ3) is 5.62. The summed E-state index contributed by atoms with van der Waals surface area (Å²) in [6, 6.07) is 18.0. The van der Waals surface area contributed by atoms with Crippen molar-refractivity contribution in [3.05, 3.63) is 71.8 Å². The summed E-state index contributed by atoms with van der Waals surface area (Å²) in [4.78, 5) is 12.5. The summed E-state index contributed by atoms with van der Waals surface area (Å²) >= 11 is 0. The Hall–Kier alpha value is -4.06. The first-order chi connectivity index (χ1) is 19.3. The predicted molar refractivity (Wildman–Crippen MR) is 154 cm³/mol. The lowest BCUT2D eigenvalue weighted by molar-refractivity contribution is 0.0960. The van der Waals surface area contributed by atoms with Gasteiger partial charge in [0, 0.05) is 42.2 Å². The lowest BCUT2D eigenvalue weighted by Crippen LogP contribution is -2.32. The number of hydrogen-bond donors (Lipinski definition) is 3. The van der Waals surface area contributed by atoms with E-state index >= 15 is 0 Å². The molecule has 0 saturated carbocycles. The Morgan fingerprint density at radius 1 is 1.07 bits per heavy atom. The van der Waals surface area contributed by atoms with Crippen molar-refractivity contribution in [2.45, 2.75) is 30.8 Å². The zero-order valence-electron chi connectivity index (χ0n) is 22.5. The van der Waals surface area contributed by atoms with Crippen LogP contribution >= 0.6 is 0 Å². The van der Waals surface area contributed by atoms with Gasteiger partial charge in [0.25, 0.3) is 5.91 Å². The highest BCUT2D eigenvalue weighted by Crippen LogP contribution is 2.33. The molecule has 0 aliphatic carbocycles. The number of benzene rings is 3. The lowest BCUT2D eigenvalue weighted by atomic mass is 10.0. The highest BCUT2D eigenvalue weighted by molar-refractivity contribution is 7.89. The average molecular weight is 562 g/mol. The third-order valence-corrected chi connectivity index (χ3v) is 8.46. The van der Waals surface area contributed by atoms with E-state index in [0.717, 1.165) is 23.6 Å². The van der Waals surface area contributed by atoms with Crippen molar-refractivity contribution in [3.8, 4) is 17.0 Å². The standard InChI is InChI=1S/C29H31N5O5S/c1-18-10-11-19(15-26(18)40(36,37)31-17-21-7-6-14-39-21)27-22-8-4-5-9-23(22)28(34-33-27)32-20-12-13-25(38-3)24(16-20)29(35)30-2/h4-5,8-13,15-16,21,31H,6-7,14,17H2,1-3H3,(H,30,35)(H,32,34)/t21-/m0/s1. The number of aromatic nitrogens is 2. The van der Waals surface area contributed by atoms with E-state index in [4.69, 9.17) is 9.47 Å². The number of nitrogens with zero attached hydrogens (tertiary/aromatic N) is 2. The minimum atomic E-state index is -3.76. The Balaban J connectivity index is 1.49. The van der Waals surface area contributed by atoms with Gasteiger partial charge in [-0.15, -0.1) is 10.2 Å². The van der Waals surface area contributed by atoms with E-state index < -0.39 is 10.0 Å². The Kier molecular flexibility index (Phi) is 7.97. The van der Waals surface area contributed by atoms with Crippen molar-refractivity contribution >= 4 is 38.2 Å². The first-order valence-electron chi connectivity index (χ1n) is 13.0. The van der Waals surface area contributed by atoms with E-state index in [0.29, 0.717) is 46.2 Å². The van der Waals surface area contributed by atoms with Gasteiger partial charge < -0.3 is 20.1 Å². The number of rotatable bonds is 9. The van der Waals surface area contributed by atoms with Crippen LogP contribution < -0.4 is 20.1 Å². The van der Waals surface area contributed by atoms with Crippen molar-refractivity contribution < 1.29 is 22.7 Å². The Morgan fingerprint density at radius 2 is 1.88 bits per heavy atom. The first kappa shape index (κ1) is 27.5. The Morgan fingerprint density at radius 3 is 2.60 bits per heavy atom. The fourth-order valence-electron chi connectivity index (χ4n) is 4.77. The van der Waals surface area contributed by atoms with Gasteiger partial charge in [-0.2, -0.15) is 0 Å². The molecule has 4 aromatic rings. The number of hydrogen-bond acceptors (Lipinski definition) is 8. The number of sulfonamides is 1. The molecule has 11 heteroatoms. The molecule has 208 valence electrons. The largest absolute Gasteiger partial charge is 0.496 e. The summed E-state index contributed by atoms with van der Waals surface area (Å²) < 4.78 is 40.0. The molecule has 3 aromatic carbocycles. The van der Waals surface area contributed by atoms with Gasteiger partial charge in [-0.05, 0) is 49.6 Å². The molecule has 0 spiro atoms. The van der Waals surface area contributed by atoms with Crippen LogP contribution in [0.4, 0.5) is 11.5 Å². The van der Waals surface area contributed by atoms with Crippen LogP contribution in [0.3, 0.4) is 0 Å². The van der Waals surface area contributed by atoms with Crippen molar-refractivity contribution in [1.82, 2.24) is 20.2 Å². The van der Waals surface area contributed by atoms with Gasteiger partial charge in [-0.25, -0.2) is 13.1 Å². The second-order valence-electron chi connectivity index (χ2n) is 9.53. The van der Waals surface area contributed by atoms with E-state index in [-0.39, 0.29) is 23.5 Å². The predicted octanol–water partition coefficient (Wildman–Crippen LogP) is 4.17. The van der Waals surface area contributed by atoms with Crippen LogP contribution in [0.5, 0.6) is 5.75 Å². The topological polar surface area (TPSA) is 132 Å². The van der Waals surface area contributed by atoms with Crippen LogP contribution in [0.15, 0.2) is 65.6 Å². The number of ether oxygens (including phenoxy) is 2. The molecule has 0 radical (unpaired) electrons. The molecule has 1 aliphatic heterocycles. The molecule has 3 N–H and O–H groups in total. The van der Waals surface area contributed by atoms with Gasteiger partial charge in [0.1, 0.15) is 11.4 Å². The highest BCUT2D eigenvalue weighted by atomic mass is 32.2. The maximum atomic E-state index is 13.2. The molecule has 1 amide bonds. The van der Waals surface area contributed by atoms with Crippen molar-refractivity contribution in [2.24, 2.45) is 0 Å². The van der Waals surface area contributed by atoms with Crippen LogP contribution in [-0.4, -0.2) is 57.9 Å². The normalized spacial score (nSPS) is 15.2. The van der Waals surface area contributed by atoms with E-state index in [2.05, 4.69) is 25.6 Å². The summed E-state index contributed by atoms with van der Waals surface area (Å²) in [7, 11) is -0.698. The fraction of sp³-hybridized carbons (Fsp3) is 0.276. The molecule has 1 fully saturated rings. The van der Waals surface area contributed by atoms with Gasteiger partial charge in [-0.3, -0.25) is 4.79 Å². The summed E-state index contributed by atoms with van der Waals surface area (Å²) in [6.07, 6.45) is 1.67. The maximum absolute atomic E-state index is 13.2. The zero-order valence-corrected chi connectivity index (χ0v) is 23.3. The molecule has 40 heavy (non-hydrogen) atoms. The van der Waals surface area contributed by atoms with Crippen molar-refractivity contribution in [2.75, 3.05) is 32.6 Å². The lowest BCUT2D eigenvalue weighted by Gasteiger charge is -2.15. The number of fused-ring (bicyclic) bond motifs is 1. The minimum Gasteiger partial charge on any atom is -0.496 e. The van der Waals surface area contributed by atoms with Gasteiger partial charge in [0.2, 0.25) is 10.0 Å². The maximum Gasteiger partial charge on any atom is 0.254 e. The summed E-state index contributed by atoms with van der Waals surface area (Å²) in [6.45, 7) is 2.66. The summed E-state index contributed by atoms with van der Waals surface area (Å²) in [5, 5.41) is 16.4. The van der Waals surface area contributed by atoms with Gasteiger partial charge in [0.15, 0.2) is 5.82 Å². The zero-order chi connectivity index (χ0) is 28.3. The number of carbonyl (C=O) groups excluding carboxylic acids is 1. The fourth-order valence-corrected chi connectivity index (χ4v) is 6.10. The van der Waals surface area contributed by atoms with Gasteiger partial charge in [0.05, 0.1) is 23.7 Å². The van der Waals surface area contributed by atoms with E-state index in [9.17, 15) is 13.2 Å². The Labute approximate surface area is 233 Å². The molecule has 1 atom stereocenters. The van der Waals surface area contributed by atoms with E-state index in [1.807, 2.05) is 30.3 Å². The molecule has 1 saturated heterocycles. The van der Waals surface area contributed by atoms with E-state index in [1.54, 1.807) is 44.3 Å². The van der Waals surface area contributed by atoms with Gasteiger partial charge >= 0.3 is 0 Å². The monoisotopic (exact) mass is 561 g/mol. The quantitative estimate of drug-likeness (QED) is 0.277. The second kappa shape index (κ2) is 11.6. The SMILES string of the molecule is CNC(=O)c1cc(Nc2nnc(-c3ccc(C)c(S(=O)(=O)NC[C@@H]4CCCO4)c3)c3ccccc23)ccc1OC. The molecule has 10 nitrogen and oxygen atoms in total. The summed E-state index contributed by atoms with van der Waals surface area (Å²) in [5.74, 6) is 0.666. The van der Waals surface area contributed by atoms with Crippen LogP contribution in [0.2, 0.25) is 0 Å². The highest BCUT2D eigenvalue weighted by Gasteiger charge is 2.23. The van der Waals surface area contributed by atoms with Crippen LogP contribution in [0.25, 0.3) is 22.0 Å². The Bertz CT molecular complexity index is 1670. The van der Waals surface area contributed by atoms with Crippen molar-refractivity contribution in [1.29, 1.82) is 0 Å². The molecule has 0 bridgehead atoms. The smallest absolute Gasteiger partial charge is 0.254 e. The van der Waals surface area contributed by atoms with Crippen molar-refractivity contribution in [3.63, 3.8) is 0 Å².